The van der Waals surface area contributed by atoms with Crippen molar-refractivity contribution in [1.29, 1.82) is 0 Å². The van der Waals surface area contributed by atoms with Gasteiger partial charge in [-0.05, 0) is 41.3 Å². The fourth-order valence-electron chi connectivity index (χ4n) is 2.70. The quantitative estimate of drug-likeness (QED) is 0.623. The number of carbonyl (C=O) groups excluding carboxylic acids is 1. The second-order valence-corrected chi connectivity index (χ2v) is 8.63. The Hall–Kier alpha value is -2.58. The molecule has 0 aliphatic carbocycles. The first-order valence-electron chi connectivity index (χ1n) is 9.31. The number of ether oxygens (including phenoxy) is 1. The number of methoxy groups -OCH3 is 1. The summed E-state index contributed by atoms with van der Waals surface area (Å²) in [5, 5.41) is 2.89. The Kier molecular flexibility index (Phi) is 8.04. The third-order valence-corrected chi connectivity index (χ3v) is 4.70. The topological polar surface area (TPSA) is 84.9 Å². The lowest BCUT2D eigenvalue weighted by atomic mass is 10.0. The zero-order valence-corrected chi connectivity index (χ0v) is 18.0. The molecule has 0 fully saturated rings. The summed E-state index contributed by atoms with van der Waals surface area (Å²) in [6.45, 7) is 5.26. The second kappa shape index (κ2) is 10.3. The van der Waals surface area contributed by atoms with Crippen LogP contribution in [0.5, 0.6) is 5.75 Å². The van der Waals surface area contributed by atoms with Gasteiger partial charge in [-0.3, -0.25) is 0 Å². The average molecular weight is 421 g/mol. The predicted molar refractivity (Wildman–Crippen MR) is 114 cm³/mol. The van der Waals surface area contributed by atoms with Crippen LogP contribution in [0.15, 0.2) is 48.5 Å². The predicted octanol–water partition coefficient (Wildman–Crippen LogP) is 3.83. The van der Waals surface area contributed by atoms with Crippen molar-refractivity contribution in [3.8, 4) is 5.75 Å². The minimum absolute atomic E-state index is 0.210. The van der Waals surface area contributed by atoms with Gasteiger partial charge in [-0.15, -0.1) is 0 Å². The number of benzene rings is 2. The largest absolute Gasteiger partial charge is 0.383 e. The zero-order valence-electron chi connectivity index (χ0n) is 17.2. The number of amides is 2. The second-order valence-electron chi connectivity index (χ2n) is 7.06. The van der Waals surface area contributed by atoms with Crippen LogP contribution in [0.2, 0.25) is 0 Å². The summed E-state index contributed by atoms with van der Waals surface area (Å²) in [4.78, 5) is 14.4. The molecule has 0 radical (unpaired) electrons. The van der Waals surface area contributed by atoms with Crippen molar-refractivity contribution in [3.05, 3.63) is 59.7 Å². The van der Waals surface area contributed by atoms with Gasteiger partial charge < -0.3 is 19.1 Å². The van der Waals surface area contributed by atoms with E-state index >= 15 is 0 Å². The van der Waals surface area contributed by atoms with Gasteiger partial charge in [-0.1, -0.05) is 38.1 Å². The summed E-state index contributed by atoms with van der Waals surface area (Å²) in [6, 6.07) is 14.1. The van der Waals surface area contributed by atoms with Crippen molar-refractivity contribution in [2.75, 3.05) is 31.8 Å². The van der Waals surface area contributed by atoms with Crippen LogP contribution in [0.1, 0.15) is 30.9 Å². The number of hydrogen-bond donors (Lipinski definition) is 1. The number of anilines is 1. The molecule has 0 aliphatic rings. The van der Waals surface area contributed by atoms with Crippen molar-refractivity contribution in [1.82, 2.24) is 4.90 Å². The molecular formula is C21H28N2O5S. The molecule has 0 bridgehead atoms. The van der Waals surface area contributed by atoms with E-state index in [1.165, 1.54) is 5.56 Å². The Morgan fingerprint density at radius 2 is 1.83 bits per heavy atom. The molecule has 0 atom stereocenters. The van der Waals surface area contributed by atoms with Gasteiger partial charge in [-0.25, -0.2) is 4.79 Å². The number of urea groups is 1. The van der Waals surface area contributed by atoms with Crippen molar-refractivity contribution in [2.24, 2.45) is 0 Å². The fourth-order valence-corrected chi connectivity index (χ4v) is 3.15. The lowest BCUT2D eigenvalue weighted by Gasteiger charge is -2.23. The fraction of sp³-hybridized carbons (Fsp3) is 0.381. The first kappa shape index (κ1) is 22.7. The van der Waals surface area contributed by atoms with Crippen LogP contribution < -0.4 is 9.50 Å². The van der Waals surface area contributed by atoms with Gasteiger partial charge in [-0.2, -0.15) is 8.42 Å². The van der Waals surface area contributed by atoms with E-state index < -0.39 is 10.1 Å². The minimum Gasteiger partial charge on any atom is -0.383 e. The van der Waals surface area contributed by atoms with Gasteiger partial charge in [0.1, 0.15) is 5.75 Å². The normalized spacial score (nSPS) is 11.3. The maximum Gasteiger partial charge on any atom is 0.322 e. The zero-order chi connectivity index (χ0) is 21.4. The number of nitrogens with zero attached hydrogens (tertiary/aromatic N) is 1. The molecule has 0 aliphatic heterocycles. The molecule has 0 aromatic heterocycles. The molecule has 7 nitrogen and oxygen atoms in total. The van der Waals surface area contributed by atoms with Gasteiger partial charge in [0.25, 0.3) is 0 Å². The van der Waals surface area contributed by atoms with E-state index in [0.717, 1.165) is 11.8 Å². The molecule has 158 valence electrons. The van der Waals surface area contributed by atoms with Crippen LogP contribution in [0, 0.1) is 0 Å². The van der Waals surface area contributed by atoms with E-state index in [0.29, 0.717) is 24.8 Å². The van der Waals surface area contributed by atoms with E-state index in [4.69, 9.17) is 8.92 Å². The van der Waals surface area contributed by atoms with Crippen molar-refractivity contribution in [3.63, 3.8) is 0 Å². The van der Waals surface area contributed by atoms with Crippen LogP contribution in [-0.4, -0.2) is 45.9 Å². The molecule has 0 unspecified atom stereocenters. The van der Waals surface area contributed by atoms with E-state index in [1.807, 2.05) is 24.3 Å². The van der Waals surface area contributed by atoms with Gasteiger partial charge in [0.15, 0.2) is 0 Å². The van der Waals surface area contributed by atoms with Crippen LogP contribution in [-0.2, 0) is 21.4 Å². The third kappa shape index (κ3) is 7.75. The summed E-state index contributed by atoms with van der Waals surface area (Å²) in [6.07, 6.45) is 0.989. The molecule has 0 heterocycles. The van der Waals surface area contributed by atoms with Gasteiger partial charge in [0.05, 0.1) is 12.9 Å². The Labute approximate surface area is 172 Å². The van der Waals surface area contributed by atoms with E-state index in [-0.39, 0.29) is 18.3 Å². The van der Waals surface area contributed by atoms with Crippen molar-refractivity contribution in [2.45, 2.75) is 26.3 Å². The number of nitrogens with one attached hydrogen (secondary N) is 1. The smallest absolute Gasteiger partial charge is 0.322 e. The molecular weight excluding hydrogens is 392 g/mol. The highest BCUT2D eigenvalue weighted by atomic mass is 32.2. The summed E-state index contributed by atoms with van der Waals surface area (Å²) < 4.78 is 32.7. The summed E-state index contributed by atoms with van der Waals surface area (Å²) in [5.41, 5.74) is 2.64. The van der Waals surface area contributed by atoms with E-state index in [1.54, 1.807) is 36.3 Å². The monoisotopic (exact) mass is 420 g/mol. The van der Waals surface area contributed by atoms with Crippen LogP contribution in [0.4, 0.5) is 10.5 Å². The Bertz CT molecular complexity index is 911. The molecule has 2 aromatic carbocycles. The maximum atomic E-state index is 12.8. The standard InChI is InChI=1S/C21H28N2O5S/c1-16(2)18-8-10-19(11-9-18)22-21(24)23(12-13-27-3)15-17-6-5-7-20(14-17)28-29(4,25)26/h5-11,14,16H,12-13,15H2,1-4H3,(H,22,24). The first-order valence-corrected chi connectivity index (χ1v) is 11.1. The number of rotatable bonds is 9. The van der Waals surface area contributed by atoms with E-state index in [2.05, 4.69) is 19.2 Å². The highest BCUT2D eigenvalue weighted by Gasteiger charge is 2.15. The molecule has 29 heavy (non-hydrogen) atoms. The van der Waals surface area contributed by atoms with Crippen LogP contribution in [0.3, 0.4) is 0 Å². The lowest BCUT2D eigenvalue weighted by molar-refractivity contribution is 0.153. The Balaban J connectivity index is 2.12. The maximum absolute atomic E-state index is 12.8. The molecule has 2 amide bonds. The van der Waals surface area contributed by atoms with Crippen LogP contribution in [0.25, 0.3) is 0 Å². The highest BCUT2D eigenvalue weighted by molar-refractivity contribution is 7.86. The molecule has 0 saturated heterocycles. The SMILES string of the molecule is COCCN(Cc1cccc(OS(C)(=O)=O)c1)C(=O)Nc1ccc(C(C)C)cc1. The third-order valence-electron chi connectivity index (χ3n) is 4.20. The molecule has 2 aromatic rings. The average Bonchev–Trinajstić information content (AvgIpc) is 2.64. The summed E-state index contributed by atoms with van der Waals surface area (Å²) in [5.74, 6) is 0.626. The molecule has 0 saturated carbocycles. The Morgan fingerprint density at radius 1 is 1.14 bits per heavy atom. The minimum atomic E-state index is -3.62. The first-order chi connectivity index (χ1) is 13.7. The molecule has 1 N–H and O–H groups in total. The summed E-state index contributed by atoms with van der Waals surface area (Å²) >= 11 is 0. The van der Waals surface area contributed by atoms with Crippen molar-refractivity contribution >= 4 is 21.8 Å². The molecule has 8 heteroatoms. The Morgan fingerprint density at radius 3 is 2.41 bits per heavy atom. The van der Waals surface area contributed by atoms with Gasteiger partial charge in [0.2, 0.25) is 0 Å². The number of carbonyl (C=O) groups is 1. The molecule has 2 rings (SSSR count). The van der Waals surface area contributed by atoms with Crippen LogP contribution >= 0.6 is 0 Å². The lowest BCUT2D eigenvalue weighted by Crippen LogP contribution is -2.36. The van der Waals surface area contributed by atoms with Crippen molar-refractivity contribution < 1.29 is 22.1 Å². The van der Waals surface area contributed by atoms with E-state index in [9.17, 15) is 13.2 Å². The number of hydrogen-bond acceptors (Lipinski definition) is 5. The highest BCUT2D eigenvalue weighted by Crippen LogP contribution is 2.19. The molecule has 0 spiro atoms. The van der Waals surface area contributed by atoms with Gasteiger partial charge >= 0.3 is 16.1 Å². The van der Waals surface area contributed by atoms with Gasteiger partial charge in [0, 0.05) is 25.9 Å². The summed E-state index contributed by atoms with van der Waals surface area (Å²) in [7, 11) is -2.05.